The van der Waals surface area contributed by atoms with Crippen molar-refractivity contribution in [2.24, 2.45) is 23.2 Å². The molecule has 0 aromatic heterocycles. The largest absolute Gasteiger partial charge is 0.465 e. The highest BCUT2D eigenvalue weighted by Gasteiger charge is 2.54. The van der Waals surface area contributed by atoms with Crippen LogP contribution < -0.4 is 9.47 Å². The number of hydrogen-bond acceptors (Lipinski definition) is 5. The average molecular weight is 358 g/mol. The highest BCUT2D eigenvalue weighted by atomic mass is 16.7. The molecule has 4 rings (SSSR count). The van der Waals surface area contributed by atoms with Gasteiger partial charge < -0.3 is 18.9 Å². The molecule has 140 valence electrons. The van der Waals surface area contributed by atoms with E-state index in [9.17, 15) is 4.79 Å². The average Bonchev–Trinajstić information content (AvgIpc) is 3.06. The van der Waals surface area contributed by atoms with E-state index in [0.717, 1.165) is 17.1 Å². The van der Waals surface area contributed by atoms with Crippen molar-refractivity contribution in [1.29, 1.82) is 0 Å². The van der Waals surface area contributed by atoms with Gasteiger partial charge in [-0.25, -0.2) is 0 Å². The molecule has 5 nitrogen and oxygen atoms in total. The molecule has 0 radical (unpaired) electrons. The molecule has 1 saturated heterocycles. The maximum absolute atomic E-state index is 11.4. The Morgan fingerprint density at radius 1 is 1.27 bits per heavy atom. The van der Waals surface area contributed by atoms with Crippen molar-refractivity contribution in [3.05, 3.63) is 35.4 Å². The third-order valence-corrected chi connectivity index (χ3v) is 6.52. The normalized spacial score (nSPS) is 35.0. The molecule has 3 aliphatic rings. The quantitative estimate of drug-likeness (QED) is 0.606. The zero-order valence-electron chi connectivity index (χ0n) is 15.8. The lowest BCUT2D eigenvalue weighted by Gasteiger charge is -2.55. The Morgan fingerprint density at radius 2 is 2.04 bits per heavy atom. The molecule has 0 saturated carbocycles. The van der Waals surface area contributed by atoms with Gasteiger partial charge in [0.05, 0.1) is 19.3 Å². The molecule has 1 aliphatic carbocycles. The predicted molar refractivity (Wildman–Crippen MR) is 95.9 cm³/mol. The van der Waals surface area contributed by atoms with Crippen LogP contribution in [0.5, 0.6) is 11.5 Å². The third kappa shape index (κ3) is 2.60. The molecule has 2 heterocycles. The Kier molecular flexibility index (Phi) is 4.22. The molecule has 5 atom stereocenters. The van der Waals surface area contributed by atoms with Gasteiger partial charge >= 0.3 is 5.97 Å². The molecule has 1 aromatic rings. The first-order valence-electron chi connectivity index (χ1n) is 9.25. The highest BCUT2D eigenvalue weighted by molar-refractivity contribution is 5.66. The lowest BCUT2D eigenvalue weighted by Crippen LogP contribution is -2.54. The molecule has 1 fully saturated rings. The van der Waals surface area contributed by atoms with Gasteiger partial charge in [0.15, 0.2) is 11.5 Å². The van der Waals surface area contributed by atoms with Crippen molar-refractivity contribution in [2.45, 2.75) is 33.8 Å². The molecular formula is C21H26O5. The van der Waals surface area contributed by atoms with Gasteiger partial charge in [0.2, 0.25) is 6.79 Å². The van der Waals surface area contributed by atoms with Crippen LogP contribution in [-0.4, -0.2) is 26.0 Å². The molecular weight excluding hydrogens is 332 g/mol. The molecule has 1 aromatic carbocycles. The Bertz CT molecular complexity index is 755. The number of allylic oxidation sites excluding steroid dienone is 1. The van der Waals surface area contributed by atoms with Crippen LogP contribution in [0.4, 0.5) is 0 Å². The van der Waals surface area contributed by atoms with Crippen LogP contribution in [-0.2, 0) is 14.3 Å². The van der Waals surface area contributed by atoms with Gasteiger partial charge in [0.25, 0.3) is 0 Å². The van der Waals surface area contributed by atoms with Crippen LogP contribution >= 0.6 is 0 Å². The fourth-order valence-electron chi connectivity index (χ4n) is 4.88. The number of ether oxygens (including phenoxy) is 4. The first-order chi connectivity index (χ1) is 12.4. The van der Waals surface area contributed by atoms with Crippen LogP contribution in [0.25, 0.3) is 0 Å². The fraction of sp³-hybridized carbons (Fsp3) is 0.571. The Morgan fingerprint density at radius 3 is 2.81 bits per heavy atom. The van der Waals surface area contributed by atoms with E-state index in [-0.39, 0.29) is 30.2 Å². The first-order valence-corrected chi connectivity index (χ1v) is 9.25. The zero-order chi connectivity index (χ0) is 18.5. The van der Waals surface area contributed by atoms with E-state index in [1.807, 2.05) is 12.1 Å². The van der Waals surface area contributed by atoms with Crippen LogP contribution in [0.15, 0.2) is 29.8 Å². The fourth-order valence-corrected chi connectivity index (χ4v) is 4.88. The monoisotopic (exact) mass is 358 g/mol. The molecule has 0 amide bonds. The predicted octanol–water partition coefficient (Wildman–Crippen LogP) is 3.88. The minimum atomic E-state index is -0.237. The van der Waals surface area contributed by atoms with Gasteiger partial charge in [-0.3, -0.25) is 4.79 Å². The number of carbonyl (C=O) groups excluding carboxylic acids is 1. The van der Waals surface area contributed by atoms with Gasteiger partial charge in [-0.1, -0.05) is 31.6 Å². The van der Waals surface area contributed by atoms with E-state index in [2.05, 4.69) is 32.9 Å². The summed E-state index contributed by atoms with van der Waals surface area (Å²) in [6.45, 7) is 9.36. The van der Waals surface area contributed by atoms with E-state index >= 15 is 0 Å². The number of fused-ring (bicyclic) bond motifs is 3. The number of carbonyl (C=O) groups is 1. The van der Waals surface area contributed by atoms with Gasteiger partial charge in [0, 0.05) is 18.3 Å². The van der Waals surface area contributed by atoms with Crippen molar-refractivity contribution in [2.75, 3.05) is 20.0 Å². The van der Waals surface area contributed by atoms with Gasteiger partial charge in [-0.05, 0) is 36.5 Å². The van der Waals surface area contributed by atoms with Gasteiger partial charge in [-0.2, -0.15) is 0 Å². The van der Waals surface area contributed by atoms with E-state index in [1.165, 1.54) is 12.5 Å². The summed E-state index contributed by atoms with van der Waals surface area (Å²) in [5, 5.41) is 0. The van der Waals surface area contributed by atoms with Crippen LogP contribution in [0, 0.1) is 23.2 Å². The third-order valence-electron chi connectivity index (χ3n) is 6.52. The second kappa shape index (κ2) is 6.31. The van der Waals surface area contributed by atoms with Crippen LogP contribution in [0.3, 0.4) is 0 Å². The summed E-state index contributed by atoms with van der Waals surface area (Å²) in [6.07, 6.45) is 2.30. The van der Waals surface area contributed by atoms with E-state index < -0.39 is 0 Å². The molecule has 0 unspecified atom stereocenters. The van der Waals surface area contributed by atoms with Gasteiger partial charge in [-0.15, -0.1) is 0 Å². The molecule has 2 bridgehead atoms. The first kappa shape index (κ1) is 17.4. The topological polar surface area (TPSA) is 54.0 Å². The second-order valence-electron chi connectivity index (χ2n) is 7.87. The van der Waals surface area contributed by atoms with Crippen LogP contribution in [0.1, 0.15) is 39.4 Å². The second-order valence-corrected chi connectivity index (χ2v) is 7.87. The van der Waals surface area contributed by atoms with Crippen molar-refractivity contribution < 1.29 is 23.7 Å². The minimum absolute atomic E-state index is 0.0336. The number of esters is 1. The summed E-state index contributed by atoms with van der Waals surface area (Å²) in [5.74, 6) is 2.21. The molecule has 26 heavy (non-hydrogen) atoms. The maximum atomic E-state index is 11.4. The van der Waals surface area contributed by atoms with E-state index in [4.69, 9.17) is 18.9 Å². The van der Waals surface area contributed by atoms with Crippen molar-refractivity contribution in [3.63, 3.8) is 0 Å². The molecule has 0 spiro atoms. The Balaban J connectivity index is 1.67. The number of benzene rings is 1. The lowest BCUT2D eigenvalue weighted by molar-refractivity contribution is -0.180. The zero-order valence-corrected chi connectivity index (χ0v) is 15.8. The summed E-state index contributed by atoms with van der Waals surface area (Å²) in [4.78, 5) is 11.4. The van der Waals surface area contributed by atoms with E-state index in [0.29, 0.717) is 25.0 Å². The van der Waals surface area contributed by atoms with E-state index in [1.54, 1.807) is 0 Å². The standard InChI is InChI=1S/C21H26O5/c1-12-7-13(2)21(9-23-15(4)22)10-24-20(19(12)14(21)3)16-5-6-17-18(8-16)26-11-25-17/h5-8,13-14,19-20H,9-11H2,1-4H3/t13-,14+,19+,20+,21-/m1/s1. The summed E-state index contributed by atoms with van der Waals surface area (Å²) >= 11 is 0. The van der Waals surface area contributed by atoms with Crippen LogP contribution in [0.2, 0.25) is 0 Å². The summed E-state index contributed by atoms with van der Waals surface area (Å²) in [6, 6.07) is 6.05. The Labute approximate surface area is 154 Å². The summed E-state index contributed by atoms with van der Waals surface area (Å²) < 4.78 is 22.8. The smallest absolute Gasteiger partial charge is 0.302 e. The minimum Gasteiger partial charge on any atom is -0.465 e. The van der Waals surface area contributed by atoms with Crippen molar-refractivity contribution in [3.8, 4) is 11.5 Å². The molecule has 0 N–H and O–H groups in total. The Hall–Kier alpha value is -2.01. The highest BCUT2D eigenvalue weighted by Crippen LogP contribution is 2.56. The number of rotatable bonds is 3. The number of hydrogen-bond donors (Lipinski definition) is 0. The van der Waals surface area contributed by atoms with Gasteiger partial charge in [0.1, 0.15) is 0 Å². The summed E-state index contributed by atoms with van der Waals surface area (Å²) in [7, 11) is 0. The lowest BCUT2D eigenvalue weighted by atomic mass is 9.56. The van der Waals surface area contributed by atoms with Crippen molar-refractivity contribution >= 4 is 5.97 Å². The molecule has 5 heteroatoms. The maximum Gasteiger partial charge on any atom is 0.302 e. The SMILES string of the molecule is CC(=O)OC[C@@]12CO[C@@H](c3ccc4c(c3)OCO4)[C@@H](C(C)=C[C@H]1C)[C@@H]2C. The van der Waals surface area contributed by atoms with Crippen molar-refractivity contribution in [1.82, 2.24) is 0 Å². The molecule has 2 aliphatic heterocycles. The summed E-state index contributed by atoms with van der Waals surface area (Å²) in [5.41, 5.74) is 2.27.